The molecule has 2 aliphatic rings. The Bertz CT molecular complexity index is 837. The topological polar surface area (TPSA) is 123 Å². The zero-order valence-electron chi connectivity index (χ0n) is 18.5. The summed E-state index contributed by atoms with van der Waals surface area (Å²) >= 11 is 0. The van der Waals surface area contributed by atoms with E-state index in [2.05, 4.69) is 25.0 Å². The lowest BCUT2D eigenvalue weighted by Crippen LogP contribution is -2.46. The minimum atomic E-state index is -4.41. The Kier molecular flexibility index (Phi) is 9.62. The van der Waals surface area contributed by atoms with Crippen LogP contribution in [-0.2, 0) is 20.4 Å². The number of hydrogen-bond acceptors (Lipinski definition) is 9. The lowest BCUT2D eigenvalue weighted by atomic mass is 9.95. The van der Waals surface area contributed by atoms with Gasteiger partial charge in [-0.05, 0) is 38.0 Å². The number of esters is 1. The Morgan fingerprint density at radius 1 is 1.30 bits per heavy atom. The number of carbonyl (C=O) groups excluding carboxylic acids is 1. The fourth-order valence-electron chi connectivity index (χ4n) is 3.18. The average Bonchev–Trinajstić information content (AvgIpc) is 2.80. The van der Waals surface area contributed by atoms with Gasteiger partial charge in [0.25, 0.3) is 0 Å². The van der Waals surface area contributed by atoms with Gasteiger partial charge in [0.2, 0.25) is 5.88 Å². The number of allylic oxidation sites excluding steroid dienone is 1. The molecule has 5 atom stereocenters. The molecule has 1 fully saturated rings. The predicted octanol–water partition coefficient (Wildman–Crippen LogP) is 1.83. The summed E-state index contributed by atoms with van der Waals surface area (Å²) in [6.07, 6.45) is -1.18. The van der Waals surface area contributed by atoms with Gasteiger partial charge in [-0.1, -0.05) is 6.07 Å². The summed E-state index contributed by atoms with van der Waals surface area (Å²) in [7, 11) is 2.60. The lowest BCUT2D eigenvalue weighted by Gasteiger charge is -2.35. The molecule has 2 aliphatic heterocycles. The average molecular weight is 475 g/mol. The standard InChI is InChI=1S/C14H22N2O5.C7H6F3NO/c1-8-13(18)12(17)7-10(21-8)5-3-9-4-6-11(16-15-9)14(19)20-2;1-12-6-4-2-3-5(11-6)7(8,9)10/h4,6,8,10-13,16-18H,3,5,7H2,1-2H3;2-4H,1H3/t8?,10-,11?,12?,13?;/m1./s1. The molecule has 1 aromatic rings. The number of aliphatic hydroxyl groups is 2. The van der Waals surface area contributed by atoms with Crippen LogP contribution >= 0.6 is 0 Å². The number of aliphatic hydroxyl groups excluding tert-OH is 2. The second kappa shape index (κ2) is 12.0. The number of ether oxygens (including phenoxy) is 3. The van der Waals surface area contributed by atoms with Gasteiger partial charge in [0, 0.05) is 12.5 Å². The third-order valence-electron chi connectivity index (χ3n) is 5.02. The molecule has 0 radical (unpaired) electrons. The molecular weight excluding hydrogens is 447 g/mol. The minimum Gasteiger partial charge on any atom is -0.481 e. The maximum absolute atomic E-state index is 12.0. The molecule has 3 rings (SSSR count). The first-order valence-corrected chi connectivity index (χ1v) is 10.2. The highest BCUT2D eigenvalue weighted by atomic mass is 19.4. The van der Waals surface area contributed by atoms with Crippen molar-refractivity contribution in [2.24, 2.45) is 5.10 Å². The molecule has 3 N–H and O–H groups in total. The van der Waals surface area contributed by atoms with Crippen molar-refractivity contribution in [3.05, 3.63) is 36.0 Å². The van der Waals surface area contributed by atoms with Crippen molar-refractivity contribution in [1.82, 2.24) is 10.4 Å². The molecule has 0 aromatic carbocycles. The molecule has 0 bridgehead atoms. The number of hydrogen-bond donors (Lipinski definition) is 3. The predicted molar refractivity (Wildman–Crippen MR) is 112 cm³/mol. The van der Waals surface area contributed by atoms with E-state index in [1.165, 1.54) is 26.4 Å². The van der Waals surface area contributed by atoms with E-state index < -0.39 is 30.1 Å². The lowest BCUT2D eigenvalue weighted by molar-refractivity contribution is -0.162. The third-order valence-corrected chi connectivity index (χ3v) is 5.02. The van der Waals surface area contributed by atoms with Gasteiger partial charge >= 0.3 is 12.1 Å². The van der Waals surface area contributed by atoms with Gasteiger partial charge in [-0.3, -0.25) is 5.43 Å². The molecule has 0 aliphatic carbocycles. The number of pyridine rings is 1. The molecule has 0 amide bonds. The first-order valence-electron chi connectivity index (χ1n) is 10.2. The molecule has 1 saturated heterocycles. The fourth-order valence-corrected chi connectivity index (χ4v) is 3.18. The number of carbonyl (C=O) groups is 1. The molecule has 0 spiro atoms. The van der Waals surface area contributed by atoms with E-state index in [-0.39, 0.29) is 24.1 Å². The molecule has 1 aromatic heterocycles. The van der Waals surface area contributed by atoms with Crippen molar-refractivity contribution in [2.45, 2.75) is 62.8 Å². The van der Waals surface area contributed by atoms with E-state index in [1.54, 1.807) is 19.1 Å². The van der Waals surface area contributed by atoms with E-state index in [1.807, 2.05) is 0 Å². The van der Waals surface area contributed by atoms with Gasteiger partial charge < -0.3 is 24.4 Å². The van der Waals surface area contributed by atoms with E-state index in [0.717, 1.165) is 11.8 Å². The minimum absolute atomic E-state index is 0.0372. The van der Waals surface area contributed by atoms with E-state index in [4.69, 9.17) is 4.74 Å². The molecule has 12 heteroatoms. The van der Waals surface area contributed by atoms with Crippen LogP contribution < -0.4 is 10.2 Å². The van der Waals surface area contributed by atoms with Crippen LogP contribution in [-0.4, -0.2) is 71.6 Å². The van der Waals surface area contributed by atoms with Gasteiger partial charge in [-0.25, -0.2) is 9.78 Å². The second-order valence-corrected chi connectivity index (χ2v) is 7.45. The van der Waals surface area contributed by atoms with Crippen LogP contribution in [0.15, 0.2) is 35.5 Å². The summed E-state index contributed by atoms with van der Waals surface area (Å²) in [5.41, 5.74) is 2.60. The first-order chi connectivity index (χ1) is 15.5. The number of methoxy groups -OCH3 is 2. The molecule has 4 unspecified atom stereocenters. The number of alkyl halides is 3. The quantitative estimate of drug-likeness (QED) is 0.552. The number of halogens is 3. The Morgan fingerprint density at radius 3 is 2.58 bits per heavy atom. The number of nitrogens with one attached hydrogen (secondary N) is 1. The number of rotatable bonds is 5. The summed E-state index contributed by atoms with van der Waals surface area (Å²) in [6.45, 7) is 1.75. The summed E-state index contributed by atoms with van der Waals surface area (Å²) in [5, 5.41) is 23.5. The maximum atomic E-state index is 12.0. The molecule has 0 saturated carbocycles. The summed E-state index contributed by atoms with van der Waals surface area (Å²) in [5.74, 6) is -0.416. The first kappa shape index (κ1) is 26.6. The van der Waals surface area contributed by atoms with E-state index in [0.29, 0.717) is 19.3 Å². The van der Waals surface area contributed by atoms with Crippen LogP contribution in [0.4, 0.5) is 13.2 Å². The van der Waals surface area contributed by atoms with E-state index >= 15 is 0 Å². The summed E-state index contributed by atoms with van der Waals surface area (Å²) in [4.78, 5) is 14.5. The molecule has 184 valence electrons. The van der Waals surface area contributed by atoms with Crippen molar-refractivity contribution in [1.29, 1.82) is 0 Å². The van der Waals surface area contributed by atoms with Crippen molar-refractivity contribution < 1.29 is 42.4 Å². The third kappa shape index (κ3) is 7.98. The second-order valence-electron chi connectivity index (χ2n) is 7.45. The highest BCUT2D eigenvalue weighted by Crippen LogP contribution is 2.28. The van der Waals surface area contributed by atoms with Crippen LogP contribution in [0.5, 0.6) is 5.88 Å². The SMILES string of the molecule is COC(=O)C1C=CC(CC[C@@H]2CC(O)C(O)C(C)O2)=NN1.COc1cccc(C(F)(F)F)n1. The van der Waals surface area contributed by atoms with Crippen LogP contribution in [0.3, 0.4) is 0 Å². The number of nitrogens with zero attached hydrogens (tertiary/aromatic N) is 2. The Labute approximate surface area is 189 Å². The fraction of sp³-hybridized carbons (Fsp3) is 0.571. The highest BCUT2D eigenvalue weighted by molar-refractivity contribution is 5.96. The van der Waals surface area contributed by atoms with Crippen molar-refractivity contribution in [3.8, 4) is 5.88 Å². The zero-order valence-corrected chi connectivity index (χ0v) is 18.5. The van der Waals surface area contributed by atoms with Crippen molar-refractivity contribution >= 4 is 11.7 Å². The van der Waals surface area contributed by atoms with Crippen molar-refractivity contribution in [2.75, 3.05) is 14.2 Å². The Morgan fingerprint density at radius 2 is 2.03 bits per heavy atom. The van der Waals surface area contributed by atoms with Crippen LogP contribution in [0.2, 0.25) is 0 Å². The van der Waals surface area contributed by atoms with Gasteiger partial charge in [0.05, 0.1) is 38.2 Å². The molecular formula is C21H28F3N3O6. The molecule has 3 heterocycles. The Balaban J connectivity index is 0.000000273. The summed E-state index contributed by atoms with van der Waals surface area (Å²) in [6, 6.07) is 2.95. The van der Waals surface area contributed by atoms with E-state index in [9.17, 15) is 28.2 Å². The molecule has 9 nitrogen and oxygen atoms in total. The normalized spacial score (nSPS) is 26.9. The van der Waals surface area contributed by atoms with Gasteiger partial charge in [-0.2, -0.15) is 18.3 Å². The highest BCUT2D eigenvalue weighted by Gasteiger charge is 2.34. The van der Waals surface area contributed by atoms with Gasteiger partial charge in [0.1, 0.15) is 11.8 Å². The van der Waals surface area contributed by atoms with Crippen LogP contribution in [0, 0.1) is 0 Å². The molecule has 33 heavy (non-hydrogen) atoms. The summed E-state index contributed by atoms with van der Waals surface area (Å²) < 4.78 is 50.8. The number of aromatic nitrogens is 1. The van der Waals surface area contributed by atoms with Crippen LogP contribution in [0.25, 0.3) is 0 Å². The van der Waals surface area contributed by atoms with Gasteiger partial charge in [-0.15, -0.1) is 0 Å². The monoisotopic (exact) mass is 475 g/mol. The largest absolute Gasteiger partial charge is 0.481 e. The zero-order chi connectivity index (χ0) is 24.6. The number of hydrazone groups is 1. The van der Waals surface area contributed by atoms with Gasteiger partial charge in [0.15, 0.2) is 6.04 Å². The smallest absolute Gasteiger partial charge is 0.433 e. The van der Waals surface area contributed by atoms with Crippen molar-refractivity contribution in [3.63, 3.8) is 0 Å². The maximum Gasteiger partial charge on any atom is 0.433 e. The van der Waals surface area contributed by atoms with Crippen LogP contribution in [0.1, 0.15) is 31.9 Å². The Hall–Kier alpha value is -2.70.